The molecule has 2 aliphatic rings. The third-order valence-electron chi connectivity index (χ3n) is 4.87. The Bertz CT molecular complexity index is 262. The summed E-state index contributed by atoms with van der Waals surface area (Å²) in [6, 6.07) is 0. The van der Waals surface area contributed by atoms with Crippen LogP contribution in [-0.2, 0) is 9.31 Å². The Morgan fingerprint density at radius 2 is 1.24 bits per heavy atom. The molecule has 17 heavy (non-hydrogen) atoms. The molecule has 98 valence electrons. The van der Waals surface area contributed by atoms with Gasteiger partial charge in [0.1, 0.15) is 0 Å². The molecule has 0 unspecified atom stereocenters. The Kier molecular flexibility index (Phi) is 3.37. The van der Waals surface area contributed by atoms with E-state index in [2.05, 4.69) is 41.5 Å². The average Bonchev–Trinajstić information content (AvgIpc) is 2.34. The topological polar surface area (TPSA) is 18.5 Å². The number of hydrogen-bond donors (Lipinski definition) is 0. The van der Waals surface area contributed by atoms with Crippen LogP contribution < -0.4 is 0 Å². The third-order valence-corrected chi connectivity index (χ3v) is 4.87. The van der Waals surface area contributed by atoms with Crippen LogP contribution in [0.4, 0.5) is 0 Å². The molecular weight excluding hydrogens is 211 g/mol. The fourth-order valence-corrected chi connectivity index (χ4v) is 3.31. The zero-order valence-electron chi connectivity index (χ0n) is 12.2. The summed E-state index contributed by atoms with van der Waals surface area (Å²) in [6.07, 6.45) is 3.86. The molecule has 3 heteroatoms. The van der Waals surface area contributed by atoms with Crippen molar-refractivity contribution in [1.82, 2.24) is 0 Å². The fraction of sp³-hybridized carbons (Fsp3) is 1.00. The minimum Gasteiger partial charge on any atom is -0.403 e. The van der Waals surface area contributed by atoms with E-state index in [0.717, 1.165) is 11.8 Å². The van der Waals surface area contributed by atoms with Gasteiger partial charge in [-0.25, -0.2) is 0 Å². The molecule has 1 heterocycles. The summed E-state index contributed by atoms with van der Waals surface area (Å²) in [7, 11) is 0.00481. The smallest absolute Gasteiger partial charge is 0.403 e. The molecule has 2 fully saturated rings. The molecular formula is C14H27BO2. The van der Waals surface area contributed by atoms with Gasteiger partial charge in [0.15, 0.2) is 0 Å². The summed E-state index contributed by atoms with van der Waals surface area (Å²) in [4.78, 5) is 0. The molecule has 0 aromatic heterocycles. The Morgan fingerprint density at radius 1 is 0.824 bits per heavy atom. The highest BCUT2D eigenvalue weighted by Gasteiger charge is 2.54. The molecule has 2 rings (SSSR count). The van der Waals surface area contributed by atoms with Crippen molar-refractivity contribution in [2.24, 2.45) is 11.8 Å². The van der Waals surface area contributed by atoms with Gasteiger partial charge in [-0.05, 0) is 64.6 Å². The molecule has 1 saturated heterocycles. The van der Waals surface area contributed by atoms with Crippen LogP contribution >= 0.6 is 0 Å². The van der Waals surface area contributed by atoms with Gasteiger partial charge < -0.3 is 9.31 Å². The van der Waals surface area contributed by atoms with Crippen LogP contribution in [0.5, 0.6) is 0 Å². The highest BCUT2D eigenvalue weighted by Crippen LogP contribution is 2.46. The Balaban J connectivity index is 2.05. The molecule has 1 saturated carbocycles. The Labute approximate surface area is 107 Å². The van der Waals surface area contributed by atoms with Crippen molar-refractivity contribution >= 4 is 7.12 Å². The van der Waals surface area contributed by atoms with E-state index in [4.69, 9.17) is 9.31 Å². The lowest BCUT2D eigenvalue weighted by atomic mass is 9.60. The van der Waals surface area contributed by atoms with Gasteiger partial charge in [-0.3, -0.25) is 0 Å². The van der Waals surface area contributed by atoms with Crippen molar-refractivity contribution in [3.8, 4) is 0 Å². The van der Waals surface area contributed by atoms with E-state index in [1.807, 2.05) is 0 Å². The lowest BCUT2D eigenvalue weighted by molar-refractivity contribution is 0.00578. The van der Waals surface area contributed by atoms with Crippen LogP contribution in [0.2, 0.25) is 5.82 Å². The molecule has 1 aliphatic heterocycles. The summed E-state index contributed by atoms with van der Waals surface area (Å²) in [5, 5.41) is 0. The largest absolute Gasteiger partial charge is 0.461 e. The van der Waals surface area contributed by atoms with E-state index in [1.54, 1.807) is 0 Å². The Hall–Kier alpha value is -0.0151. The summed E-state index contributed by atoms with van der Waals surface area (Å²) < 4.78 is 12.4. The second-order valence-electron chi connectivity index (χ2n) is 7.30. The number of hydrogen-bond acceptors (Lipinski definition) is 2. The van der Waals surface area contributed by atoms with Crippen LogP contribution in [0.1, 0.15) is 60.8 Å². The van der Waals surface area contributed by atoms with Crippen molar-refractivity contribution < 1.29 is 9.31 Å². The predicted molar refractivity (Wildman–Crippen MR) is 72.0 cm³/mol. The maximum Gasteiger partial charge on any atom is 0.461 e. The highest BCUT2D eigenvalue weighted by molar-refractivity contribution is 6.47. The van der Waals surface area contributed by atoms with Crippen LogP contribution in [0.15, 0.2) is 0 Å². The lowest BCUT2D eigenvalue weighted by Crippen LogP contribution is -2.41. The van der Waals surface area contributed by atoms with Gasteiger partial charge in [-0.2, -0.15) is 0 Å². The van der Waals surface area contributed by atoms with Crippen LogP contribution in [-0.4, -0.2) is 18.3 Å². The molecule has 0 spiro atoms. The van der Waals surface area contributed by atoms with E-state index in [0.29, 0.717) is 5.82 Å². The standard InChI is InChI=1S/C14H27BO2/c1-10-7-11(2)9-12(8-10)15-16-13(3,4)14(5,6)17-15/h10-12H,7-9H2,1-6H3/t10-,11-/m0/s1. The highest BCUT2D eigenvalue weighted by atomic mass is 16.7. The monoisotopic (exact) mass is 238 g/mol. The van der Waals surface area contributed by atoms with Crippen molar-refractivity contribution in [1.29, 1.82) is 0 Å². The van der Waals surface area contributed by atoms with E-state index >= 15 is 0 Å². The fourth-order valence-electron chi connectivity index (χ4n) is 3.31. The molecule has 0 radical (unpaired) electrons. The minimum absolute atomic E-state index is 0.00481. The molecule has 0 aromatic carbocycles. The van der Waals surface area contributed by atoms with Gasteiger partial charge >= 0.3 is 7.12 Å². The predicted octanol–water partition coefficient (Wildman–Crippen LogP) is 3.90. The molecule has 0 N–H and O–H groups in total. The normalized spacial score (nSPS) is 40.6. The third kappa shape index (κ3) is 2.55. The van der Waals surface area contributed by atoms with E-state index < -0.39 is 0 Å². The molecule has 1 aliphatic carbocycles. The average molecular weight is 238 g/mol. The summed E-state index contributed by atoms with van der Waals surface area (Å²) >= 11 is 0. The van der Waals surface area contributed by atoms with Gasteiger partial charge in [0.2, 0.25) is 0 Å². The quantitative estimate of drug-likeness (QED) is 0.645. The van der Waals surface area contributed by atoms with Gasteiger partial charge in [-0.15, -0.1) is 0 Å². The summed E-state index contributed by atoms with van der Waals surface area (Å²) in [5.41, 5.74) is -0.358. The first-order valence-corrected chi connectivity index (χ1v) is 7.07. The first-order chi connectivity index (χ1) is 7.71. The van der Waals surface area contributed by atoms with Gasteiger partial charge in [0.05, 0.1) is 11.2 Å². The molecule has 2 atom stereocenters. The zero-order valence-corrected chi connectivity index (χ0v) is 12.2. The van der Waals surface area contributed by atoms with Gasteiger partial charge in [0.25, 0.3) is 0 Å². The molecule has 0 bridgehead atoms. The summed E-state index contributed by atoms with van der Waals surface area (Å²) in [6.45, 7) is 13.3. The van der Waals surface area contributed by atoms with E-state index in [9.17, 15) is 0 Å². The van der Waals surface area contributed by atoms with Crippen molar-refractivity contribution in [3.05, 3.63) is 0 Å². The first-order valence-electron chi connectivity index (χ1n) is 7.07. The van der Waals surface area contributed by atoms with Gasteiger partial charge in [0, 0.05) is 0 Å². The zero-order chi connectivity index (χ0) is 12.8. The first kappa shape index (κ1) is 13.4. The maximum absolute atomic E-state index is 6.18. The molecule has 2 nitrogen and oxygen atoms in total. The second kappa shape index (κ2) is 4.27. The van der Waals surface area contributed by atoms with Crippen LogP contribution in [0.25, 0.3) is 0 Å². The van der Waals surface area contributed by atoms with E-state index in [1.165, 1.54) is 19.3 Å². The molecule has 0 amide bonds. The van der Waals surface area contributed by atoms with Gasteiger partial charge in [-0.1, -0.05) is 13.8 Å². The van der Waals surface area contributed by atoms with E-state index in [-0.39, 0.29) is 18.3 Å². The molecule has 0 aromatic rings. The lowest BCUT2D eigenvalue weighted by Gasteiger charge is -2.32. The maximum atomic E-state index is 6.18. The van der Waals surface area contributed by atoms with Crippen molar-refractivity contribution in [2.75, 3.05) is 0 Å². The SMILES string of the molecule is C[C@@H]1CC(B2OC(C)(C)C(C)(C)O2)C[C@@H](C)C1. The minimum atomic E-state index is -0.179. The summed E-state index contributed by atoms with van der Waals surface area (Å²) in [5.74, 6) is 2.19. The second-order valence-corrected chi connectivity index (χ2v) is 7.30. The van der Waals surface area contributed by atoms with Crippen molar-refractivity contribution in [3.63, 3.8) is 0 Å². The van der Waals surface area contributed by atoms with Crippen LogP contribution in [0.3, 0.4) is 0 Å². The van der Waals surface area contributed by atoms with Crippen LogP contribution in [0, 0.1) is 11.8 Å². The van der Waals surface area contributed by atoms with Crippen molar-refractivity contribution in [2.45, 2.75) is 77.8 Å². The Morgan fingerprint density at radius 3 is 1.65 bits per heavy atom. The number of rotatable bonds is 1.